The summed E-state index contributed by atoms with van der Waals surface area (Å²) in [6, 6.07) is 7.26. The number of nitrogens with one attached hydrogen (secondary N) is 1. The van der Waals surface area contributed by atoms with Crippen molar-refractivity contribution in [2.45, 2.75) is 44.7 Å². The van der Waals surface area contributed by atoms with E-state index in [1.807, 2.05) is 13.8 Å². The highest BCUT2D eigenvalue weighted by molar-refractivity contribution is 5.32. The smallest absolute Gasteiger partial charge is 0.126 e. The Labute approximate surface area is 113 Å². The lowest BCUT2D eigenvalue weighted by Crippen LogP contribution is -2.43. The van der Waals surface area contributed by atoms with Crippen molar-refractivity contribution in [3.63, 3.8) is 0 Å². The maximum atomic E-state index is 13.1. The SMILES string of the molecule is Cc1ccc(F)cc1OCCC(C)(C#N)NC1CC1. The van der Waals surface area contributed by atoms with E-state index in [-0.39, 0.29) is 5.82 Å². The van der Waals surface area contributed by atoms with Crippen molar-refractivity contribution < 1.29 is 9.13 Å². The minimum absolute atomic E-state index is 0.306. The van der Waals surface area contributed by atoms with Crippen LogP contribution in [0.25, 0.3) is 0 Å². The number of nitrogens with zero attached hydrogens (tertiary/aromatic N) is 1. The van der Waals surface area contributed by atoms with Gasteiger partial charge in [-0.25, -0.2) is 4.39 Å². The summed E-state index contributed by atoms with van der Waals surface area (Å²) in [5.41, 5.74) is 0.331. The number of aryl methyl sites for hydroxylation is 1. The van der Waals surface area contributed by atoms with E-state index >= 15 is 0 Å². The fraction of sp³-hybridized carbons (Fsp3) is 0.533. The van der Waals surface area contributed by atoms with Crippen molar-refractivity contribution in [1.82, 2.24) is 5.32 Å². The summed E-state index contributed by atoms with van der Waals surface area (Å²) >= 11 is 0. The monoisotopic (exact) mass is 262 g/mol. The first kappa shape index (κ1) is 13.8. The van der Waals surface area contributed by atoms with Crippen molar-refractivity contribution in [3.8, 4) is 11.8 Å². The average Bonchev–Trinajstić information content (AvgIpc) is 3.17. The van der Waals surface area contributed by atoms with Crippen molar-refractivity contribution in [3.05, 3.63) is 29.6 Å². The number of nitriles is 1. The molecule has 3 nitrogen and oxygen atoms in total. The summed E-state index contributed by atoms with van der Waals surface area (Å²) in [5.74, 6) is 0.242. The number of hydrogen-bond acceptors (Lipinski definition) is 3. The van der Waals surface area contributed by atoms with Gasteiger partial charge in [-0.3, -0.25) is 5.32 Å². The predicted octanol–water partition coefficient (Wildman–Crippen LogP) is 2.94. The molecule has 102 valence electrons. The lowest BCUT2D eigenvalue weighted by molar-refractivity contribution is 0.264. The second-order valence-electron chi connectivity index (χ2n) is 5.37. The van der Waals surface area contributed by atoms with Crippen LogP contribution in [0, 0.1) is 24.1 Å². The van der Waals surface area contributed by atoms with Gasteiger partial charge in [0.2, 0.25) is 0 Å². The molecule has 1 N–H and O–H groups in total. The topological polar surface area (TPSA) is 45.0 Å². The maximum absolute atomic E-state index is 13.1. The van der Waals surface area contributed by atoms with Crippen LogP contribution >= 0.6 is 0 Å². The molecule has 0 radical (unpaired) electrons. The number of rotatable bonds is 6. The zero-order valence-corrected chi connectivity index (χ0v) is 11.4. The molecule has 4 heteroatoms. The Balaban J connectivity index is 1.88. The van der Waals surface area contributed by atoms with Crippen molar-refractivity contribution in [2.24, 2.45) is 0 Å². The molecule has 0 amide bonds. The Morgan fingerprint density at radius 1 is 1.53 bits per heavy atom. The summed E-state index contributed by atoms with van der Waals surface area (Å²) in [4.78, 5) is 0. The highest BCUT2D eigenvalue weighted by Crippen LogP contribution is 2.24. The summed E-state index contributed by atoms with van der Waals surface area (Å²) in [6.45, 7) is 4.15. The van der Waals surface area contributed by atoms with Crippen LogP contribution < -0.4 is 10.1 Å². The predicted molar refractivity (Wildman–Crippen MR) is 71.4 cm³/mol. The molecule has 1 unspecified atom stereocenters. The van der Waals surface area contributed by atoms with Crippen LogP contribution in [-0.2, 0) is 0 Å². The molecule has 19 heavy (non-hydrogen) atoms. The number of halogens is 1. The van der Waals surface area contributed by atoms with Gasteiger partial charge in [-0.15, -0.1) is 0 Å². The van der Waals surface area contributed by atoms with Gasteiger partial charge in [0.05, 0.1) is 12.7 Å². The first-order chi connectivity index (χ1) is 9.02. The van der Waals surface area contributed by atoms with Gasteiger partial charge in [-0.05, 0) is 38.3 Å². The first-order valence-corrected chi connectivity index (χ1v) is 6.60. The molecule has 0 saturated heterocycles. The second-order valence-corrected chi connectivity index (χ2v) is 5.37. The molecule has 1 atom stereocenters. The molecule has 0 spiro atoms. The number of ether oxygens (including phenoxy) is 1. The van der Waals surface area contributed by atoms with Crippen LogP contribution in [0.4, 0.5) is 4.39 Å². The van der Waals surface area contributed by atoms with Crippen molar-refractivity contribution in [2.75, 3.05) is 6.61 Å². The Morgan fingerprint density at radius 2 is 2.26 bits per heavy atom. The average molecular weight is 262 g/mol. The maximum Gasteiger partial charge on any atom is 0.126 e. The van der Waals surface area contributed by atoms with Crippen LogP contribution in [-0.4, -0.2) is 18.2 Å². The standard InChI is InChI=1S/C15H19FN2O/c1-11-3-4-12(16)9-14(11)19-8-7-15(2,10-17)18-13-5-6-13/h3-4,9,13,18H,5-8H2,1-2H3. The first-order valence-electron chi connectivity index (χ1n) is 6.60. The van der Waals surface area contributed by atoms with Gasteiger partial charge in [0, 0.05) is 18.5 Å². The Hall–Kier alpha value is -1.60. The van der Waals surface area contributed by atoms with Gasteiger partial charge in [0.1, 0.15) is 17.1 Å². The third-order valence-corrected chi connectivity index (χ3v) is 3.36. The Morgan fingerprint density at radius 3 is 2.89 bits per heavy atom. The molecule has 1 fully saturated rings. The molecular weight excluding hydrogens is 243 g/mol. The zero-order chi connectivity index (χ0) is 13.9. The summed E-state index contributed by atoms with van der Waals surface area (Å²) in [7, 11) is 0. The van der Waals surface area contributed by atoms with Crippen molar-refractivity contribution in [1.29, 1.82) is 5.26 Å². The molecule has 0 aliphatic heterocycles. The lowest BCUT2D eigenvalue weighted by Gasteiger charge is -2.23. The minimum Gasteiger partial charge on any atom is -0.493 e. The largest absolute Gasteiger partial charge is 0.493 e. The molecular formula is C15H19FN2O. The van der Waals surface area contributed by atoms with E-state index in [1.54, 1.807) is 6.07 Å². The lowest BCUT2D eigenvalue weighted by atomic mass is 10.0. The molecule has 1 aromatic rings. The van der Waals surface area contributed by atoms with Crippen LogP contribution in [0.5, 0.6) is 5.75 Å². The number of benzene rings is 1. The minimum atomic E-state index is -0.567. The van der Waals surface area contributed by atoms with Gasteiger partial charge in [0.15, 0.2) is 0 Å². The molecule has 0 aromatic heterocycles. The summed E-state index contributed by atoms with van der Waals surface area (Å²) in [5, 5.41) is 12.5. The second kappa shape index (κ2) is 5.58. The highest BCUT2D eigenvalue weighted by atomic mass is 19.1. The highest BCUT2D eigenvalue weighted by Gasteiger charge is 2.32. The van der Waals surface area contributed by atoms with Crippen LogP contribution in [0.15, 0.2) is 18.2 Å². The molecule has 1 aromatic carbocycles. The van der Waals surface area contributed by atoms with Gasteiger partial charge in [-0.1, -0.05) is 6.07 Å². The van der Waals surface area contributed by atoms with E-state index in [0.29, 0.717) is 24.8 Å². The van der Waals surface area contributed by atoms with Gasteiger partial charge in [-0.2, -0.15) is 5.26 Å². The van der Waals surface area contributed by atoms with Crippen LogP contribution in [0.3, 0.4) is 0 Å². The molecule has 0 heterocycles. The molecule has 1 saturated carbocycles. The quantitative estimate of drug-likeness (QED) is 0.857. The Bertz CT molecular complexity index is 493. The van der Waals surface area contributed by atoms with Gasteiger partial charge < -0.3 is 4.74 Å². The van der Waals surface area contributed by atoms with E-state index < -0.39 is 5.54 Å². The van der Waals surface area contributed by atoms with E-state index in [1.165, 1.54) is 12.1 Å². The summed E-state index contributed by atoms with van der Waals surface area (Å²) < 4.78 is 18.7. The van der Waals surface area contributed by atoms with Crippen LogP contribution in [0.2, 0.25) is 0 Å². The number of hydrogen-bond donors (Lipinski definition) is 1. The summed E-state index contributed by atoms with van der Waals surface area (Å²) in [6.07, 6.45) is 2.86. The molecule has 2 rings (SSSR count). The van der Waals surface area contributed by atoms with E-state index in [2.05, 4.69) is 11.4 Å². The third kappa shape index (κ3) is 3.93. The third-order valence-electron chi connectivity index (χ3n) is 3.36. The fourth-order valence-corrected chi connectivity index (χ4v) is 1.93. The van der Waals surface area contributed by atoms with E-state index in [4.69, 9.17) is 4.74 Å². The molecule has 1 aliphatic carbocycles. The van der Waals surface area contributed by atoms with Gasteiger partial charge >= 0.3 is 0 Å². The van der Waals surface area contributed by atoms with Gasteiger partial charge in [0.25, 0.3) is 0 Å². The molecule has 0 bridgehead atoms. The fourth-order valence-electron chi connectivity index (χ4n) is 1.93. The Kier molecular flexibility index (Phi) is 4.06. The normalized spacial score (nSPS) is 17.6. The van der Waals surface area contributed by atoms with E-state index in [0.717, 1.165) is 18.4 Å². The zero-order valence-electron chi connectivity index (χ0n) is 11.4. The molecule has 1 aliphatic rings. The van der Waals surface area contributed by atoms with Crippen LogP contribution in [0.1, 0.15) is 31.7 Å². The van der Waals surface area contributed by atoms with E-state index in [9.17, 15) is 9.65 Å². The van der Waals surface area contributed by atoms with Crippen molar-refractivity contribution >= 4 is 0 Å².